The Balaban J connectivity index is 2.42. The molecule has 0 saturated heterocycles. The van der Waals surface area contributed by atoms with Gasteiger partial charge in [0.2, 0.25) is 0 Å². The Bertz CT molecular complexity index is 373. The van der Waals surface area contributed by atoms with Crippen LogP contribution in [0.3, 0.4) is 0 Å². The number of nitrogens with one attached hydrogen (secondary N) is 1. The van der Waals surface area contributed by atoms with Crippen molar-refractivity contribution in [1.82, 2.24) is 5.32 Å². The first-order chi connectivity index (χ1) is 6.74. The summed E-state index contributed by atoms with van der Waals surface area (Å²) in [7, 11) is 0. The Hall–Kier alpha value is -1.31. The smallest absolute Gasteiger partial charge is 0.336 e. The molecular formula is C10H11NO2S. The van der Waals surface area contributed by atoms with Crippen LogP contribution in [0.4, 0.5) is 0 Å². The number of rotatable bonds is 4. The number of aromatic carboxylic acids is 1. The van der Waals surface area contributed by atoms with Crippen molar-refractivity contribution in [1.29, 1.82) is 0 Å². The fourth-order valence-electron chi connectivity index (χ4n) is 0.922. The molecule has 0 aromatic carbocycles. The van der Waals surface area contributed by atoms with Gasteiger partial charge in [0, 0.05) is 16.8 Å². The van der Waals surface area contributed by atoms with Gasteiger partial charge >= 0.3 is 5.97 Å². The second kappa shape index (κ2) is 5.43. The first-order valence-corrected chi connectivity index (χ1v) is 5.03. The van der Waals surface area contributed by atoms with E-state index in [4.69, 9.17) is 5.11 Å². The van der Waals surface area contributed by atoms with Gasteiger partial charge in [-0.15, -0.1) is 17.3 Å². The lowest BCUT2D eigenvalue weighted by atomic mass is 10.3. The second-order valence-electron chi connectivity index (χ2n) is 2.64. The van der Waals surface area contributed by atoms with Crippen LogP contribution in [0.5, 0.6) is 0 Å². The zero-order chi connectivity index (χ0) is 10.4. The third-order valence-electron chi connectivity index (χ3n) is 1.59. The SMILES string of the molecule is CC#CCNCc1cc(C(=O)O)cs1. The summed E-state index contributed by atoms with van der Waals surface area (Å²) in [5, 5.41) is 13.4. The number of hydrogen-bond donors (Lipinski definition) is 2. The van der Waals surface area contributed by atoms with E-state index in [9.17, 15) is 4.79 Å². The molecule has 0 spiro atoms. The summed E-state index contributed by atoms with van der Waals surface area (Å²) in [6.45, 7) is 3.10. The van der Waals surface area contributed by atoms with E-state index in [0.29, 0.717) is 18.7 Å². The predicted molar refractivity (Wildman–Crippen MR) is 56.4 cm³/mol. The summed E-state index contributed by atoms with van der Waals surface area (Å²) in [5.74, 6) is 4.78. The molecule has 2 N–H and O–H groups in total. The van der Waals surface area contributed by atoms with Crippen molar-refractivity contribution in [3.8, 4) is 11.8 Å². The van der Waals surface area contributed by atoms with Gasteiger partial charge in [-0.1, -0.05) is 5.92 Å². The largest absolute Gasteiger partial charge is 0.478 e. The average Bonchev–Trinajstić information content (AvgIpc) is 2.61. The van der Waals surface area contributed by atoms with Crippen LogP contribution in [0.2, 0.25) is 0 Å². The predicted octanol–water partition coefficient (Wildman–Crippen LogP) is 1.56. The van der Waals surface area contributed by atoms with Gasteiger partial charge in [0.25, 0.3) is 0 Å². The van der Waals surface area contributed by atoms with Crippen LogP contribution in [0.15, 0.2) is 11.4 Å². The van der Waals surface area contributed by atoms with E-state index in [-0.39, 0.29) is 0 Å². The maximum atomic E-state index is 10.6. The Labute approximate surface area is 86.8 Å². The Morgan fingerprint density at radius 3 is 3.07 bits per heavy atom. The molecule has 0 fully saturated rings. The minimum atomic E-state index is -0.874. The molecule has 0 saturated carbocycles. The summed E-state index contributed by atoms with van der Waals surface area (Å²) in [6, 6.07) is 1.68. The number of thiophene rings is 1. The molecule has 4 heteroatoms. The highest BCUT2D eigenvalue weighted by Gasteiger charge is 2.05. The third kappa shape index (κ3) is 3.21. The van der Waals surface area contributed by atoms with Gasteiger partial charge in [0.15, 0.2) is 0 Å². The molecule has 3 nitrogen and oxygen atoms in total. The van der Waals surface area contributed by atoms with Gasteiger partial charge in [-0.3, -0.25) is 0 Å². The van der Waals surface area contributed by atoms with Gasteiger partial charge in [0.05, 0.1) is 12.1 Å². The molecule has 14 heavy (non-hydrogen) atoms. The topological polar surface area (TPSA) is 49.3 Å². The first kappa shape index (κ1) is 10.8. The lowest BCUT2D eigenvalue weighted by Crippen LogP contribution is -2.12. The molecule has 0 unspecified atom stereocenters. The van der Waals surface area contributed by atoms with Crippen LogP contribution >= 0.6 is 11.3 Å². The van der Waals surface area contributed by atoms with Crippen molar-refractivity contribution in [2.75, 3.05) is 6.54 Å². The average molecular weight is 209 g/mol. The van der Waals surface area contributed by atoms with E-state index in [1.54, 1.807) is 18.4 Å². The summed E-state index contributed by atoms with van der Waals surface area (Å²) in [6.07, 6.45) is 0. The summed E-state index contributed by atoms with van der Waals surface area (Å²) >= 11 is 1.44. The van der Waals surface area contributed by atoms with Crippen molar-refractivity contribution in [2.24, 2.45) is 0 Å². The molecule has 0 radical (unpaired) electrons. The number of carbonyl (C=O) groups is 1. The molecule has 0 aliphatic heterocycles. The fourth-order valence-corrected chi connectivity index (χ4v) is 1.75. The maximum absolute atomic E-state index is 10.6. The van der Waals surface area contributed by atoms with E-state index in [1.807, 2.05) is 0 Å². The van der Waals surface area contributed by atoms with E-state index in [2.05, 4.69) is 17.2 Å². The van der Waals surface area contributed by atoms with Crippen LogP contribution < -0.4 is 5.32 Å². The highest BCUT2D eigenvalue weighted by molar-refractivity contribution is 7.10. The molecule has 1 rings (SSSR count). The molecule has 0 aliphatic rings. The van der Waals surface area contributed by atoms with Crippen molar-refractivity contribution < 1.29 is 9.90 Å². The first-order valence-electron chi connectivity index (χ1n) is 4.15. The van der Waals surface area contributed by atoms with Crippen molar-refractivity contribution >= 4 is 17.3 Å². The third-order valence-corrected chi connectivity index (χ3v) is 2.53. The van der Waals surface area contributed by atoms with Gasteiger partial charge in [-0.2, -0.15) is 0 Å². The van der Waals surface area contributed by atoms with E-state index in [0.717, 1.165) is 4.88 Å². The molecule has 0 atom stereocenters. The molecule has 74 valence electrons. The second-order valence-corrected chi connectivity index (χ2v) is 3.63. The minimum absolute atomic E-state index is 0.355. The summed E-state index contributed by atoms with van der Waals surface area (Å²) in [5.41, 5.74) is 0.355. The normalized spacial score (nSPS) is 9.21. The highest BCUT2D eigenvalue weighted by atomic mass is 32.1. The number of hydrogen-bond acceptors (Lipinski definition) is 3. The van der Waals surface area contributed by atoms with Crippen molar-refractivity contribution in [3.63, 3.8) is 0 Å². The van der Waals surface area contributed by atoms with Crippen LogP contribution in [-0.2, 0) is 6.54 Å². The van der Waals surface area contributed by atoms with Gasteiger partial charge in [0.1, 0.15) is 0 Å². The highest BCUT2D eigenvalue weighted by Crippen LogP contribution is 2.13. The summed E-state index contributed by atoms with van der Waals surface area (Å²) in [4.78, 5) is 11.6. The minimum Gasteiger partial charge on any atom is -0.478 e. The Morgan fingerprint density at radius 2 is 2.50 bits per heavy atom. The van der Waals surface area contributed by atoms with Crippen molar-refractivity contribution in [3.05, 3.63) is 21.9 Å². The van der Waals surface area contributed by atoms with E-state index >= 15 is 0 Å². The Kier molecular flexibility index (Phi) is 4.17. The maximum Gasteiger partial charge on any atom is 0.336 e. The molecule has 1 aromatic heterocycles. The van der Waals surface area contributed by atoms with Gasteiger partial charge in [-0.25, -0.2) is 4.79 Å². The van der Waals surface area contributed by atoms with Crippen LogP contribution in [0, 0.1) is 11.8 Å². The lowest BCUT2D eigenvalue weighted by molar-refractivity contribution is 0.0697. The van der Waals surface area contributed by atoms with Crippen LogP contribution in [-0.4, -0.2) is 17.6 Å². The molecule has 0 amide bonds. The molecule has 0 aliphatic carbocycles. The van der Waals surface area contributed by atoms with Gasteiger partial charge in [-0.05, 0) is 13.0 Å². The number of carboxylic acids is 1. The zero-order valence-electron chi connectivity index (χ0n) is 7.83. The van der Waals surface area contributed by atoms with Crippen molar-refractivity contribution in [2.45, 2.75) is 13.5 Å². The molecule has 0 bridgehead atoms. The molecule has 1 heterocycles. The number of carboxylic acid groups (broad SMARTS) is 1. The fraction of sp³-hybridized carbons (Fsp3) is 0.300. The van der Waals surface area contributed by atoms with Crippen LogP contribution in [0.1, 0.15) is 22.2 Å². The van der Waals surface area contributed by atoms with Crippen LogP contribution in [0.25, 0.3) is 0 Å². The van der Waals surface area contributed by atoms with E-state index in [1.165, 1.54) is 11.3 Å². The molecular weight excluding hydrogens is 198 g/mol. The quantitative estimate of drug-likeness (QED) is 0.584. The summed E-state index contributed by atoms with van der Waals surface area (Å²) < 4.78 is 0. The van der Waals surface area contributed by atoms with E-state index < -0.39 is 5.97 Å². The molecule has 1 aromatic rings. The Morgan fingerprint density at radius 1 is 1.71 bits per heavy atom. The lowest BCUT2D eigenvalue weighted by Gasteiger charge is -1.95. The standard InChI is InChI=1S/C10H11NO2S/c1-2-3-4-11-6-9-5-8(7-14-9)10(12)13/h5,7,11H,4,6H2,1H3,(H,12,13). The zero-order valence-corrected chi connectivity index (χ0v) is 8.65. The van der Waals surface area contributed by atoms with Gasteiger partial charge < -0.3 is 10.4 Å². The monoisotopic (exact) mass is 209 g/mol.